The summed E-state index contributed by atoms with van der Waals surface area (Å²) in [7, 11) is 0. The van der Waals surface area contributed by atoms with Crippen LogP contribution in [0.25, 0.3) is 0 Å². The highest BCUT2D eigenvalue weighted by atomic mass is 35.5. The Balaban J connectivity index is 1.79. The van der Waals surface area contributed by atoms with Gasteiger partial charge in [-0.1, -0.05) is 37.6 Å². The highest BCUT2D eigenvalue weighted by Gasteiger charge is 2.33. The molecule has 0 radical (unpaired) electrons. The first kappa shape index (κ1) is 21.1. The van der Waals surface area contributed by atoms with Crippen LogP contribution in [0.2, 0.25) is 5.02 Å². The van der Waals surface area contributed by atoms with Gasteiger partial charge >= 0.3 is 6.18 Å². The SMILES string of the molecule is CC(C)c1ccc(OCCCC(=O)Nc2ccc(Cl)c(C(F)(F)F)c2)cc1. The Labute approximate surface area is 161 Å². The first-order chi connectivity index (χ1) is 12.7. The zero-order valence-electron chi connectivity index (χ0n) is 15.1. The van der Waals surface area contributed by atoms with E-state index in [-0.39, 0.29) is 18.0 Å². The van der Waals surface area contributed by atoms with Gasteiger partial charge in [-0.05, 0) is 48.2 Å². The van der Waals surface area contributed by atoms with Crippen molar-refractivity contribution in [2.24, 2.45) is 0 Å². The van der Waals surface area contributed by atoms with Crippen molar-refractivity contribution in [2.75, 3.05) is 11.9 Å². The minimum Gasteiger partial charge on any atom is -0.494 e. The fourth-order valence-corrected chi connectivity index (χ4v) is 2.64. The van der Waals surface area contributed by atoms with E-state index in [0.29, 0.717) is 24.7 Å². The van der Waals surface area contributed by atoms with E-state index in [1.54, 1.807) is 0 Å². The molecule has 2 aromatic rings. The summed E-state index contributed by atoms with van der Waals surface area (Å²) in [6.45, 7) is 4.54. The molecule has 0 atom stereocenters. The first-order valence-corrected chi connectivity index (χ1v) is 8.94. The average molecular weight is 400 g/mol. The predicted molar refractivity (Wildman–Crippen MR) is 100 cm³/mol. The summed E-state index contributed by atoms with van der Waals surface area (Å²) in [5, 5.41) is 2.04. The molecule has 0 unspecified atom stereocenters. The molecule has 146 valence electrons. The fraction of sp³-hybridized carbons (Fsp3) is 0.350. The third-order valence-electron chi connectivity index (χ3n) is 3.92. The molecule has 0 bridgehead atoms. The van der Waals surface area contributed by atoms with Crippen LogP contribution >= 0.6 is 11.6 Å². The quantitative estimate of drug-likeness (QED) is 0.556. The second kappa shape index (κ2) is 9.13. The van der Waals surface area contributed by atoms with Crippen LogP contribution in [0.15, 0.2) is 42.5 Å². The van der Waals surface area contributed by atoms with Gasteiger partial charge in [0, 0.05) is 12.1 Å². The maximum Gasteiger partial charge on any atom is 0.417 e. The van der Waals surface area contributed by atoms with Gasteiger partial charge in [0.05, 0.1) is 17.2 Å². The lowest BCUT2D eigenvalue weighted by atomic mass is 10.0. The first-order valence-electron chi connectivity index (χ1n) is 8.56. The number of anilines is 1. The van der Waals surface area contributed by atoms with Crippen molar-refractivity contribution in [1.82, 2.24) is 0 Å². The van der Waals surface area contributed by atoms with Crippen molar-refractivity contribution in [2.45, 2.75) is 38.8 Å². The molecule has 0 saturated carbocycles. The number of rotatable bonds is 7. The Morgan fingerprint density at radius 1 is 1.15 bits per heavy atom. The summed E-state index contributed by atoms with van der Waals surface area (Å²) in [6.07, 6.45) is -4.00. The van der Waals surface area contributed by atoms with Crippen molar-refractivity contribution < 1.29 is 22.7 Å². The second-order valence-corrected chi connectivity index (χ2v) is 6.82. The summed E-state index contributed by atoms with van der Waals surface area (Å²) < 4.78 is 44.1. The van der Waals surface area contributed by atoms with Gasteiger partial charge in [0.25, 0.3) is 0 Å². The van der Waals surface area contributed by atoms with Crippen molar-refractivity contribution in [3.05, 3.63) is 58.6 Å². The van der Waals surface area contributed by atoms with Gasteiger partial charge in [-0.25, -0.2) is 0 Å². The van der Waals surface area contributed by atoms with Gasteiger partial charge in [0.1, 0.15) is 5.75 Å². The fourth-order valence-electron chi connectivity index (χ4n) is 2.42. The van der Waals surface area contributed by atoms with Crippen LogP contribution in [0.1, 0.15) is 43.7 Å². The van der Waals surface area contributed by atoms with Crippen LogP contribution in [0.5, 0.6) is 5.75 Å². The standard InChI is InChI=1S/C20H21ClF3NO2/c1-13(2)14-5-8-16(9-6-14)27-11-3-4-19(26)25-15-7-10-18(21)17(12-15)20(22,23)24/h5-10,12-13H,3-4,11H2,1-2H3,(H,25,26). The van der Waals surface area contributed by atoms with E-state index in [4.69, 9.17) is 16.3 Å². The lowest BCUT2D eigenvalue weighted by Crippen LogP contribution is -2.14. The molecule has 3 nitrogen and oxygen atoms in total. The van der Waals surface area contributed by atoms with Crippen LogP contribution in [-0.2, 0) is 11.0 Å². The van der Waals surface area contributed by atoms with E-state index in [2.05, 4.69) is 19.2 Å². The smallest absolute Gasteiger partial charge is 0.417 e. The van der Waals surface area contributed by atoms with Crippen LogP contribution in [-0.4, -0.2) is 12.5 Å². The zero-order valence-corrected chi connectivity index (χ0v) is 15.8. The molecule has 2 rings (SSSR count). The van der Waals surface area contributed by atoms with Crippen LogP contribution in [0.3, 0.4) is 0 Å². The largest absolute Gasteiger partial charge is 0.494 e. The molecule has 0 aliphatic heterocycles. The monoisotopic (exact) mass is 399 g/mol. The molecule has 1 N–H and O–H groups in total. The maximum absolute atomic E-state index is 12.8. The Kier molecular flexibility index (Phi) is 7.13. The van der Waals surface area contributed by atoms with Crippen molar-refractivity contribution >= 4 is 23.2 Å². The molecule has 0 spiro atoms. The number of halogens is 4. The zero-order chi connectivity index (χ0) is 20.0. The molecule has 0 aliphatic rings. The Hall–Kier alpha value is -2.21. The molecule has 7 heteroatoms. The van der Waals surface area contributed by atoms with E-state index < -0.39 is 16.8 Å². The van der Waals surface area contributed by atoms with Gasteiger partial charge in [-0.3, -0.25) is 4.79 Å². The normalized spacial score (nSPS) is 11.5. The van der Waals surface area contributed by atoms with Crippen molar-refractivity contribution in [3.8, 4) is 5.75 Å². The molecular weight excluding hydrogens is 379 g/mol. The number of ether oxygens (including phenoxy) is 1. The van der Waals surface area contributed by atoms with Crippen molar-refractivity contribution in [3.63, 3.8) is 0 Å². The third-order valence-corrected chi connectivity index (χ3v) is 4.25. The minimum atomic E-state index is -4.57. The Morgan fingerprint density at radius 3 is 2.41 bits per heavy atom. The molecular formula is C20H21ClF3NO2. The number of alkyl halides is 3. The van der Waals surface area contributed by atoms with Gasteiger partial charge < -0.3 is 10.1 Å². The average Bonchev–Trinajstić information content (AvgIpc) is 2.60. The van der Waals surface area contributed by atoms with Gasteiger partial charge in [-0.2, -0.15) is 13.2 Å². The van der Waals surface area contributed by atoms with Gasteiger partial charge in [0.2, 0.25) is 5.91 Å². The number of benzene rings is 2. The number of hydrogen-bond donors (Lipinski definition) is 1. The van der Waals surface area contributed by atoms with E-state index in [0.717, 1.165) is 12.1 Å². The second-order valence-electron chi connectivity index (χ2n) is 6.42. The summed E-state index contributed by atoms with van der Waals surface area (Å²) in [4.78, 5) is 11.9. The number of carbonyl (C=O) groups excluding carboxylic acids is 1. The lowest BCUT2D eigenvalue weighted by Gasteiger charge is -2.12. The number of amides is 1. The van der Waals surface area contributed by atoms with E-state index in [1.165, 1.54) is 11.6 Å². The van der Waals surface area contributed by atoms with Gasteiger partial charge in [0.15, 0.2) is 0 Å². The number of nitrogens with one attached hydrogen (secondary N) is 1. The predicted octanol–water partition coefficient (Wildman–Crippen LogP) is 6.28. The van der Waals surface area contributed by atoms with Crippen molar-refractivity contribution in [1.29, 1.82) is 0 Å². The van der Waals surface area contributed by atoms with Gasteiger partial charge in [-0.15, -0.1) is 0 Å². The lowest BCUT2D eigenvalue weighted by molar-refractivity contribution is -0.137. The van der Waals surface area contributed by atoms with E-state index in [1.807, 2.05) is 24.3 Å². The molecule has 2 aromatic carbocycles. The molecule has 27 heavy (non-hydrogen) atoms. The highest BCUT2D eigenvalue weighted by Crippen LogP contribution is 2.36. The topological polar surface area (TPSA) is 38.3 Å². The summed E-state index contributed by atoms with van der Waals surface area (Å²) in [6, 6.07) is 11.0. The molecule has 0 heterocycles. The highest BCUT2D eigenvalue weighted by molar-refractivity contribution is 6.31. The van der Waals surface area contributed by atoms with E-state index in [9.17, 15) is 18.0 Å². The summed E-state index contributed by atoms with van der Waals surface area (Å²) >= 11 is 5.56. The molecule has 0 aromatic heterocycles. The molecule has 1 amide bonds. The summed E-state index contributed by atoms with van der Waals surface area (Å²) in [5.41, 5.74) is 0.292. The third kappa shape index (κ3) is 6.47. The molecule has 0 saturated heterocycles. The van der Waals surface area contributed by atoms with Crippen LogP contribution < -0.4 is 10.1 Å². The number of hydrogen-bond acceptors (Lipinski definition) is 2. The maximum atomic E-state index is 12.8. The minimum absolute atomic E-state index is 0.0573. The van der Waals surface area contributed by atoms with Crippen LogP contribution in [0, 0.1) is 0 Å². The summed E-state index contributed by atoms with van der Waals surface area (Å²) in [5.74, 6) is 0.769. The molecule has 0 aliphatic carbocycles. The van der Waals surface area contributed by atoms with E-state index >= 15 is 0 Å². The Bertz CT molecular complexity index is 774. The Morgan fingerprint density at radius 2 is 1.81 bits per heavy atom. The number of carbonyl (C=O) groups is 1. The van der Waals surface area contributed by atoms with Crippen LogP contribution in [0.4, 0.5) is 18.9 Å². The molecule has 0 fully saturated rings.